The van der Waals surface area contributed by atoms with Gasteiger partial charge in [0.25, 0.3) is 0 Å². The lowest BCUT2D eigenvalue weighted by atomic mass is 9.88. The summed E-state index contributed by atoms with van der Waals surface area (Å²) in [6, 6.07) is 0. The van der Waals surface area contributed by atoms with Gasteiger partial charge in [0.1, 0.15) is 0 Å². The number of hydrogen-bond donors (Lipinski definition) is 3. The minimum absolute atomic E-state index is 0.150. The molecule has 4 heteroatoms. The quantitative estimate of drug-likeness (QED) is 0.532. The van der Waals surface area contributed by atoms with Crippen LogP contribution in [0.3, 0.4) is 0 Å². The van der Waals surface area contributed by atoms with Crippen molar-refractivity contribution in [2.75, 3.05) is 19.6 Å². The molecule has 2 unspecified atom stereocenters. The molecule has 0 spiro atoms. The average molecular weight is 172 g/mol. The molecule has 1 heterocycles. The molecule has 1 saturated heterocycles. The van der Waals surface area contributed by atoms with Crippen LogP contribution in [0.2, 0.25) is 0 Å². The fraction of sp³-hybridized carbons (Fsp3) is 0.875. The van der Waals surface area contributed by atoms with Crippen molar-refractivity contribution in [1.82, 2.24) is 5.32 Å². The lowest BCUT2D eigenvalue weighted by Crippen LogP contribution is -2.29. The van der Waals surface area contributed by atoms with Gasteiger partial charge in [0, 0.05) is 0 Å². The molecule has 4 nitrogen and oxygen atoms in total. The van der Waals surface area contributed by atoms with Gasteiger partial charge in [0.05, 0.1) is 5.92 Å². The Balaban J connectivity index is 2.57. The Morgan fingerprint density at radius 3 is 2.75 bits per heavy atom. The normalized spacial score (nSPS) is 31.1. The van der Waals surface area contributed by atoms with Crippen LogP contribution in [-0.4, -0.2) is 30.7 Å². The van der Waals surface area contributed by atoms with Crippen molar-refractivity contribution in [2.45, 2.75) is 12.8 Å². The molecule has 4 N–H and O–H groups in total. The van der Waals surface area contributed by atoms with Crippen molar-refractivity contribution in [3.8, 4) is 0 Å². The molecule has 1 aliphatic heterocycles. The SMILES string of the molecule is NCC1CCNCCC1C(=O)O. The summed E-state index contributed by atoms with van der Waals surface area (Å²) in [6.07, 6.45) is 1.59. The van der Waals surface area contributed by atoms with E-state index in [2.05, 4.69) is 5.32 Å². The van der Waals surface area contributed by atoms with E-state index in [1.165, 1.54) is 0 Å². The summed E-state index contributed by atoms with van der Waals surface area (Å²) in [5.74, 6) is -0.795. The Morgan fingerprint density at radius 2 is 2.17 bits per heavy atom. The molecule has 0 saturated carbocycles. The molecule has 12 heavy (non-hydrogen) atoms. The number of carboxylic acids is 1. The van der Waals surface area contributed by atoms with Gasteiger partial charge >= 0.3 is 5.97 Å². The van der Waals surface area contributed by atoms with E-state index < -0.39 is 5.97 Å². The molecule has 0 aromatic heterocycles. The van der Waals surface area contributed by atoms with Gasteiger partial charge in [0.2, 0.25) is 0 Å². The van der Waals surface area contributed by atoms with E-state index >= 15 is 0 Å². The summed E-state index contributed by atoms with van der Waals surface area (Å²) in [5, 5.41) is 12.1. The first kappa shape index (κ1) is 9.48. The highest BCUT2D eigenvalue weighted by Crippen LogP contribution is 2.20. The number of aliphatic carboxylic acids is 1. The number of carboxylic acid groups (broad SMARTS) is 1. The van der Waals surface area contributed by atoms with Crippen molar-refractivity contribution in [2.24, 2.45) is 17.6 Å². The molecule has 2 atom stereocenters. The molecular weight excluding hydrogens is 156 g/mol. The number of nitrogens with one attached hydrogen (secondary N) is 1. The molecular formula is C8H16N2O2. The van der Waals surface area contributed by atoms with Gasteiger partial charge in [-0.25, -0.2) is 0 Å². The van der Waals surface area contributed by atoms with Gasteiger partial charge in [-0.15, -0.1) is 0 Å². The monoisotopic (exact) mass is 172 g/mol. The zero-order valence-corrected chi connectivity index (χ0v) is 7.12. The Labute approximate surface area is 72.1 Å². The summed E-state index contributed by atoms with van der Waals surface area (Å²) in [6.45, 7) is 2.18. The Hall–Kier alpha value is -0.610. The molecule has 1 fully saturated rings. The van der Waals surface area contributed by atoms with Crippen LogP contribution >= 0.6 is 0 Å². The van der Waals surface area contributed by atoms with Crippen molar-refractivity contribution >= 4 is 5.97 Å². The van der Waals surface area contributed by atoms with Gasteiger partial charge in [-0.2, -0.15) is 0 Å². The van der Waals surface area contributed by atoms with Crippen LogP contribution < -0.4 is 11.1 Å². The summed E-state index contributed by atoms with van der Waals surface area (Å²) >= 11 is 0. The zero-order chi connectivity index (χ0) is 8.97. The lowest BCUT2D eigenvalue weighted by Gasteiger charge is -2.18. The van der Waals surface area contributed by atoms with E-state index in [1.54, 1.807) is 0 Å². The van der Waals surface area contributed by atoms with E-state index in [0.717, 1.165) is 19.5 Å². The van der Waals surface area contributed by atoms with E-state index in [4.69, 9.17) is 10.8 Å². The van der Waals surface area contributed by atoms with Crippen LogP contribution in [-0.2, 0) is 4.79 Å². The van der Waals surface area contributed by atoms with Crippen LogP contribution in [0, 0.1) is 11.8 Å². The van der Waals surface area contributed by atoms with Gasteiger partial charge in [-0.1, -0.05) is 0 Å². The molecule has 0 radical (unpaired) electrons. The summed E-state index contributed by atoms with van der Waals surface area (Å²) in [5.41, 5.74) is 5.51. The first-order chi connectivity index (χ1) is 5.75. The standard InChI is InChI=1S/C8H16N2O2/c9-5-6-1-3-10-4-2-7(6)8(11)12/h6-7,10H,1-5,9H2,(H,11,12). The van der Waals surface area contributed by atoms with Crippen LogP contribution in [0.15, 0.2) is 0 Å². The highest BCUT2D eigenvalue weighted by molar-refractivity contribution is 5.70. The molecule has 0 aliphatic carbocycles. The van der Waals surface area contributed by atoms with E-state index in [9.17, 15) is 4.79 Å². The van der Waals surface area contributed by atoms with Gasteiger partial charge in [-0.05, 0) is 38.4 Å². The smallest absolute Gasteiger partial charge is 0.306 e. The maximum atomic E-state index is 10.8. The molecule has 1 aliphatic rings. The second-order valence-electron chi connectivity index (χ2n) is 3.27. The summed E-state index contributed by atoms with van der Waals surface area (Å²) < 4.78 is 0. The second kappa shape index (κ2) is 4.42. The Morgan fingerprint density at radius 1 is 1.50 bits per heavy atom. The highest BCUT2D eigenvalue weighted by Gasteiger charge is 2.27. The molecule has 0 aromatic rings. The third kappa shape index (κ3) is 2.19. The van der Waals surface area contributed by atoms with E-state index in [0.29, 0.717) is 13.0 Å². The van der Waals surface area contributed by atoms with Gasteiger partial charge in [0.15, 0.2) is 0 Å². The molecule has 0 aromatic carbocycles. The fourth-order valence-corrected chi connectivity index (χ4v) is 1.71. The first-order valence-corrected chi connectivity index (χ1v) is 4.39. The van der Waals surface area contributed by atoms with Crippen LogP contribution in [0.4, 0.5) is 0 Å². The minimum Gasteiger partial charge on any atom is -0.481 e. The van der Waals surface area contributed by atoms with Crippen LogP contribution in [0.1, 0.15) is 12.8 Å². The fourth-order valence-electron chi connectivity index (χ4n) is 1.71. The number of carbonyl (C=O) groups is 1. The van der Waals surface area contributed by atoms with Crippen LogP contribution in [0.5, 0.6) is 0 Å². The molecule has 0 amide bonds. The van der Waals surface area contributed by atoms with Gasteiger partial charge < -0.3 is 16.2 Å². The summed E-state index contributed by atoms with van der Waals surface area (Å²) in [7, 11) is 0. The first-order valence-electron chi connectivity index (χ1n) is 4.39. The van der Waals surface area contributed by atoms with E-state index in [1.807, 2.05) is 0 Å². The summed E-state index contributed by atoms with van der Waals surface area (Å²) in [4.78, 5) is 10.8. The Kier molecular flexibility index (Phi) is 3.49. The van der Waals surface area contributed by atoms with Crippen molar-refractivity contribution in [3.63, 3.8) is 0 Å². The Bertz CT molecular complexity index is 161. The maximum Gasteiger partial charge on any atom is 0.306 e. The third-order valence-electron chi connectivity index (χ3n) is 2.51. The molecule has 70 valence electrons. The largest absolute Gasteiger partial charge is 0.481 e. The maximum absolute atomic E-state index is 10.8. The molecule has 1 rings (SSSR count). The minimum atomic E-state index is -0.700. The van der Waals surface area contributed by atoms with Crippen LogP contribution in [0.25, 0.3) is 0 Å². The van der Waals surface area contributed by atoms with E-state index in [-0.39, 0.29) is 11.8 Å². The predicted molar refractivity (Wildman–Crippen MR) is 45.8 cm³/mol. The molecule has 0 bridgehead atoms. The number of hydrogen-bond acceptors (Lipinski definition) is 3. The topological polar surface area (TPSA) is 75.3 Å². The predicted octanol–water partition coefficient (Wildman–Crippen LogP) is -0.355. The second-order valence-corrected chi connectivity index (χ2v) is 3.27. The number of nitrogens with two attached hydrogens (primary N) is 1. The van der Waals surface area contributed by atoms with Crippen molar-refractivity contribution in [3.05, 3.63) is 0 Å². The van der Waals surface area contributed by atoms with Crippen molar-refractivity contribution < 1.29 is 9.90 Å². The third-order valence-corrected chi connectivity index (χ3v) is 2.51. The number of rotatable bonds is 2. The average Bonchev–Trinajstić information content (AvgIpc) is 2.27. The highest BCUT2D eigenvalue weighted by atomic mass is 16.4. The van der Waals surface area contributed by atoms with Crippen molar-refractivity contribution in [1.29, 1.82) is 0 Å². The van der Waals surface area contributed by atoms with Gasteiger partial charge in [-0.3, -0.25) is 4.79 Å². The zero-order valence-electron chi connectivity index (χ0n) is 7.12. The lowest BCUT2D eigenvalue weighted by molar-refractivity contribution is -0.143.